The number of hydrogen-bond acceptors (Lipinski definition) is 5. The molecular weight excluding hydrogens is 291 g/mol. The van der Waals surface area contributed by atoms with Crippen LogP contribution in [0.3, 0.4) is 0 Å². The third kappa shape index (κ3) is 3.38. The Bertz CT molecular complexity index is 674. The molecule has 1 amide bonds. The second kappa shape index (κ2) is 6.97. The first-order chi connectivity index (χ1) is 10.6. The maximum absolute atomic E-state index is 12.8. The van der Waals surface area contributed by atoms with Gasteiger partial charge in [-0.25, -0.2) is 14.9 Å². The average Bonchev–Trinajstić information content (AvgIpc) is 2.53. The molecule has 0 bridgehead atoms. The Kier molecular flexibility index (Phi) is 5.03. The van der Waals surface area contributed by atoms with Crippen LogP contribution < -0.4 is 5.48 Å². The number of halogens is 1. The maximum atomic E-state index is 12.8. The van der Waals surface area contributed by atoms with Crippen LogP contribution >= 0.6 is 0 Å². The largest absolute Gasteiger partial charge is 0.505 e. The smallest absolute Gasteiger partial charge is 0.297 e. The summed E-state index contributed by atoms with van der Waals surface area (Å²) in [6.07, 6.45) is 2.36. The summed E-state index contributed by atoms with van der Waals surface area (Å²) in [5.41, 5.74) is 2.65. The summed E-state index contributed by atoms with van der Waals surface area (Å²) in [4.78, 5) is 15.1. The lowest BCUT2D eigenvalue weighted by atomic mass is 10.0. The molecule has 2 rings (SSSR count). The van der Waals surface area contributed by atoms with Crippen LogP contribution in [0.15, 0.2) is 30.5 Å². The highest BCUT2D eigenvalue weighted by Crippen LogP contribution is 2.25. The first kappa shape index (κ1) is 15.9. The zero-order valence-corrected chi connectivity index (χ0v) is 11.6. The van der Waals surface area contributed by atoms with Crippen LogP contribution in [0.2, 0.25) is 0 Å². The molecule has 0 saturated heterocycles. The molecule has 0 fully saturated rings. The van der Waals surface area contributed by atoms with Gasteiger partial charge in [0.05, 0.1) is 6.61 Å². The molecule has 0 saturated carbocycles. The first-order valence-electron chi connectivity index (χ1n) is 6.56. The standard InChI is InChI=1S/C15H15FN2O4/c16-11-5-2-9(3-6-11)1-4-10-7-17-13(15(21)18-22)14(20)12(10)8-19/h2-3,5-7,19-20,22H,1,4,8H2,(H,18,21). The Morgan fingerprint density at radius 1 is 1.23 bits per heavy atom. The van der Waals surface area contributed by atoms with E-state index in [0.717, 1.165) is 5.56 Å². The SMILES string of the molecule is O=C(NO)c1ncc(CCc2ccc(F)cc2)c(CO)c1O. The zero-order valence-electron chi connectivity index (χ0n) is 11.6. The molecule has 6 nitrogen and oxygen atoms in total. The zero-order chi connectivity index (χ0) is 16.1. The van der Waals surface area contributed by atoms with Crippen molar-refractivity contribution in [3.05, 3.63) is 58.7 Å². The minimum absolute atomic E-state index is 0.177. The summed E-state index contributed by atoms with van der Waals surface area (Å²) in [6, 6.07) is 6.00. The van der Waals surface area contributed by atoms with E-state index in [4.69, 9.17) is 5.21 Å². The Labute approximate surface area is 125 Å². The molecule has 1 aromatic heterocycles. The van der Waals surface area contributed by atoms with Crippen molar-refractivity contribution in [2.24, 2.45) is 0 Å². The fourth-order valence-corrected chi connectivity index (χ4v) is 2.12. The van der Waals surface area contributed by atoms with Crippen molar-refractivity contribution in [3.63, 3.8) is 0 Å². The van der Waals surface area contributed by atoms with Gasteiger partial charge in [0.1, 0.15) is 5.82 Å². The molecule has 116 valence electrons. The van der Waals surface area contributed by atoms with E-state index in [-0.39, 0.29) is 17.1 Å². The van der Waals surface area contributed by atoms with Crippen LogP contribution in [0.1, 0.15) is 27.2 Å². The van der Waals surface area contributed by atoms with Gasteiger partial charge in [-0.05, 0) is 36.1 Å². The predicted octanol–water partition coefficient (Wildman–Crippen LogP) is 1.32. The number of carbonyl (C=O) groups excluding carboxylic acids is 1. The molecule has 0 aliphatic carbocycles. The molecule has 0 aliphatic heterocycles. The lowest BCUT2D eigenvalue weighted by Crippen LogP contribution is -2.21. The van der Waals surface area contributed by atoms with Gasteiger partial charge in [0.2, 0.25) is 0 Å². The average molecular weight is 306 g/mol. The van der Waals surface area contributed by atoms with Crippen molar-refractivity contribution in [2.45, 2.75) is 19.4 Å². The second-order valence-electron chi connectivity index (χ2n) is 4.68. The summed E-state index contributed by atoms with van der Waals surface area (Å²) in [5.74, 6) is -1.75. The molecule has 0 atom stereocenters. The molecule has 0 unspecified atom stereocenters. The van der Waals surface area contributed by atoms with Crippen LogP contribution in [0.25, 0.3) is 0 Å². The van der Waals surface area contributed by atoms with Crippen molar-refractivity contribution < 1.29 is 24.6 Å². The highest BCUT2D eigenvalue weighted by atomic mass is 19.1. The Balaban J connectivity index is 2.22. The van der Waals surface area contributed by atoms with Crippen LogP contribution in [-0.4, -0.2) is 26.3 Å². The summed E-state index contributed by atoms with van der Waals surface area (Å²) in [6.45, 7) is -0.473. The molecule has 7 heteroatoms. The molecule has 4 N–H and O–H groups in total. The molecule has 0 aliphatic rings. The van der Waals surface area contributed by atoms with E-state index >= 15 is 0 Å². The molecule has 0 spiro atoms. The summed E-state index contributed by atoms with van der Waals surface area (Å²) >= 11 is 0. The number of amides is 1. The summed E-state index contributed by atoms with van der Waals surface area (Å²) in [7, 11) is 0. The van der Waals surface area contributed by atoms with Gasteiger partial charge in [0.25, 0.3) is 5.91 Å². The number of nitrogens with zero attached hydrogens (tertiary/aromatic N) is 1. The van der Waals surface area contributed by atoms with Gasteiger partial charge in [0, 0.05) is 11.8 Å². The van der Waals surface area contributed by atoms with Crippen LogP contribution in [-0.2, 0) is 19.4 Å². The summed E-state index contributed by atoms with van der Waals surface area (Å²) in [5, 5.41) is 27.9. The third-order valence-electron chi connectivity index (χ3n) is 3.32. The third-order valence-corrected chi connectivity index (χ3v) is 3.32. The van der Waals surface area contributed by atoms with E-state index in [1.54, 1.807) is 12.1 Å². The highest BCUT2D eigenvalue weighted by Gasteiger charge is 2.18. The molecule has 2 aromatic rings. The van der Waals surface area contributed by atoms with Gasteiger partial charge in [-0.3, -0.25) is 10.0 Å². The van der Waals surface area contributed by atoms with Crippen LogP contribution in [0.4, 0.5) is 4.39 Å². The number of rotatable bonds is 5. The van der Waals surface area contributed by atoms with Gasteiger partial charge < -0.3 is 10.2 Å². The number of benzene rings is 1. The van der Waals surface area contributed by atoms with Crippen molar-refractivity contribution in [1.29, 1.82) is 0 Å². The quantitative estimate of drug-likeness (QED) is 0.493. The molecule has 22 heavy (non-hydrogen) atoms. The van der Waals surface area contributed by atoms with E-state index in [1.165, 1.54) is 23.8 Å². The van der Waals surface area contributed by atoms with Crippen molar-refractivity contribution in [2.75, 3.05) is 0 Å². The Morgan fingerprint density at radius 2 is 1.91 bits per heavy atom. The topological polar surface area (TPSA) is 103 Å². The number of nitrogens with one attached hydrogen (secondary N) is 1. The lowest BCUT2D eigenvalue weighted by molar-refractivity contribution is 0.0697. The molecule has 0 radical (unpaired) electrons. The fraction of sp³-hybridized carbons (Fsp3) is 0.200. The Morgan fingerprint density at radius 3 is 2.50 bits per heavy atom. The molecule has 1 aromatic carbocycles. The highest BCUT2D eigenvalue weighted by molar-refractivity contribution is 5.94. The van der Waals surface area contributed by atoms with E-state index in [1.807, 2.05) is 0 Å². The normalized spacial score (nSPS) is 10.5. The van der Waals surface area contributed by atoms with E-state index in [9.17, 15) is 19.4 Å². The number of pyridine rings is 1. The lowest BCUT2D eigenvalue weighted by Gasteiger charge is -2.11. The first-order valence-corrected chi connectivity index (χ1v) is 6.56. The predicted molar refractivity (Wildman–Crippen MR) is 74.9 cm³/mol. The number of aromatic nitrogens is 1. The monoisotopic (exact) mass is 306 g/mol. The number of hydroxylamine groups is 1. The van der Waals surface area contributed by atoms with Crippen LogP contribution in [0, 0.1) is 5.82 Å². The van der Waals surface area contributed by atoms with Crippen molar-refractivity contribution in [3.8, 4) is 5.75 Å². The van der Waals surface area contributed by atoms with Gasteiger partial charge >= 0.3 is 0 Å². The minimum Gasteiger partial charge on any atom is -0.505 e. The number of aromatic hydroxyl groups is 1. The molecular formula is C15H15FN2O4. The van der Waals surface area contributed by atoms with Gasteiger partial charge in [0.15, 0.2) is 11.4 Å². The second-order valence-corrected chi connectivity index (χ2v) is 4.68. The van der Waals surface area contributed by atoms with Crippen molar-refractivity contribution >= 4 is 5.91 Å². The number of aryl methyl sites for hydroxylation is 2. The molecule has 1 heterocycles. The van der Waals surface area contributed by atoms with Crippen LogP contribution in [0.5, 0.6) is 5.75 Å². The van der Waals surface area contributed by atoms with E-state index in [0.29, 0.717) is 18.4 Å². The number of carbonyl (C=O) groups is 1. The maximum Gasteiger partial charge on any atom is 0.297 e. The minimum atomic E-state index is -0.961. The number of hydrogen-bond donors (Lipinski definition) is 4. The Hall–Kier alpha value is -2.51. The van der Waals surface area contributed by atoms with Crippen molar-refractivity contribution in [1.82, 2.24) is 10.5 Å². The number of aliphatic hydroxyl groups excluding tert-OH is 1. The van der Waals surface area contributed by atoms with Gasteiger partial charge in [-0.2, -0.15) is 0 Å². The van der Waals surface area contributed by atoms with Gasteiger partial charge in [-0.15, -0.1) is 0 Å². The van der Waals surface area contributed by atoms with E-state index in [2.05, 4.69) is 4.98 Å². The fourth-order valence-electron chi connectivity index (χ4n) is 2.12. The number of aliphatic hydroxyl groups is 1. The van der Waals surface area contributed by atoms with Gasteiger partial charge in [-0.1, -0.05) is 12.1 Å². The summed E-state index contributed by atoms with van der Waals surface area (Å²) < 4.78 is 12.8. The van der Waals surface area contributed by atoms with E-state index < -0.39 is 18.3 Å².